The van der Waals surface area contributed by atoms with E-state index in [1.54, 1.807) is 23.2 Å². The van der Waals surface area contributed by atoms with Crippen molar-refractivity contribution in [3.8, 4) is 0 Å². The second-order valence-electron chi connectivity index (χ2n) is 7.24. The second kappa shape index (κ2) is 7.16. The summed E-state index contributed by atoms with van der Waals surface area (Å²) in [7, 11) is 0. The third-order valence-corrected chi connectivity index (χ3v) is 5.33. The fourth-order valence-corrected chi connectivity index (χ4v) is 3.89. The van der Waals surface area contributed by atoms with Crippen molar-refractivity contribution in [1.29, 1.82) is 0 Å². The molecule has 1 aliphatic rings. The van der Waals surface area contributed by atoms with Crippen LogP contribution < -0.4 is 0 Å². The number of amides is 1. The number of benzene rings is 2. The average molecular weight is 390 g/mol. The zero-order valence-electron chi connectivity index (χ0n) is 15.6. The Morgan fingerprint density at radius 3 is 2.90 bits per heavy atom. The van der Waals surface area contributed by atoms with Crippen molar-refractivity contribution in [1.82, 2.24) is 20.1 Å². The van der Waals surface area contributed by atoms with Gasteiger partial charge in [-0.15, -0.1) is 0 Å². The van der Waals surface area contributed by atoms with Crippen molar-refractivity contribution in [2.75, 3.05) is 6.54 Å². The highest BCUT2D eigenvalue weighted by Crippen LogP contribution is 2.33. The van der Waals surface area contributed by atoms with E-state index in [9.17, 15) is 9.18 Å². The fraction of sp³-hybridized carbons (Fsp3) is 0.227. The van der Waals surface area contributed by atoms with Gasteiger partial charge in [-0.05, 0) is 36.6 Å². The van der Waals surface area contributed by atoms with Gasteiger partial charge in [0, 0.05) is 18.4 Å². The summed E-state index contributed by atoms with van der Waals surface area (Å²) < 4.78 is 19.0. The first-order valence-electron chi connectivity index (χ1n) is 9.62. The molecule has 146 valence electrons. The summed E-state index contributed by atoms with van der Waals surface area (Å²) in [6.45, 7) is 0.639. The predicted octanol–water partition coefficient (Wildman–Crippen LogP) is 4.26. The first kappa shape index (κ1) is 17.6. The number of aromatic nitrogens is 3. The van der Waals surface area contributed by atoms with E-state index in [1.165, 1.54) is 12.1 Å². The quantitative estimate of drug-likeness (QED) is 0.565. The highest BCUT2D eigenvalue weighted by molar-refractivity contribution is 6.04. The molecule has 0 unspecified atom stereocenters. The van der Waals surface area contributed by atoms with E-state index < -0.39 is 0 Å². The normalized spacial score (nSPS) is 16.6. The van der Waals surface area contributed by atoms with Crippen molar-refractivity contribution in [2.24, 2.45) is 0 Å². The zero-order valence-corrected chi connectivity index (χ0v) is 15.6. The van der Waals surface area contributed by atoms with Crippen LogP contribution in [0.1, 0.15) is 46.6 Å². The van der Waals surface area contributed by atoms with Crippen LogP contribution in [0.3, 0.4) is 0 Å². The number of hydrogen-bond donors (Lipinski definition) is 1. The number of para-hydroxylation sites is 1. The number of H-pyrrole nitrogens is 1. The van der Waals surface area contributed by atoms with E-state index in [2.05, 4.69) is 15.2 Å². The van der Waals surface area contributed by atoms with Gasteiger partial charge in [-0.1, -0.05) is 30.3 Å². The van der Waals surface area contributed by atoms with Crippen LogP contribution in [0.2, 0.25) is 0 Å². The van der Waals surface area contributed by atoms with E-state index in [-0.39, 0.29) is 17.8 Å². The molecule has 1 amide bonds. The number of carbonyl (C=O) groups is 1. The van der Waals surface area contributed by atoms with Crippen molar-refractivity contribution < 1.29 is 13.6 Å². The third kappa shape index (κ3) is 3.29. The predicted molar refractivity (Wildman–Crippen MR) is 105 cm³/mol. The van der Waals surface area contributed by atoms with Crippen LogP contribution in [-0.4, -0.2) is 32.5 Å². The maximum Gasteiger partial charge on any atom is 0.275 e. The minimum Gasteiger partial charge on any atom is -0.443 e. The van der Waals surface area contributed by atoms with Crippen LogP contribution in [0.15, 0.2) is 59.1 Å². The zero-order chi connectivity index (χ0) is 19.8. The molecule has 2 aromatic carbocycles. The molecule has 4 aromatic rings. The third-order valence-electron chi connectivity index (χ3n) is 5.33. The number of nitrogens with one attached hydrogen (secondary N) is 1. The fourth-order valence-electron chi connectivity index (χ4n) is 3.89. The van der Waals surface area contributed by atoms with E-state index in [0.29, 0.717) is 30.3 Å². The van der Waals surface area contributed by atoms with Gasteiger partial charge in [0.25, 0.3) is 5.91 Å². The van der Waals surface area contributed by atoms with Gasteiger partial charge in [0.2, 0.25) is 5.89 Å². The maximum absolute atomic E-state index is 13.2. The van der Waals surface area contributed by atoms with E-state index in [0.717, 1.165) is 29.3 Å². The number of aromatic amines is 1. The molecule has 1 fully saturated rings. The van der Waals surface area contributed by atoms with Crippen molar-refractivity contribution >= 4 is 16.8 Å². The molecule has 1 saturated heterocycles. The summed E-state index contributed by atoms with van der Waals surface area (Å²) >= 11 is 0. The average Bonchev–Trinajstić information content (AvgIpc) is 3.48. The largest absolute Gasteiger partial charge is 0.443 e. The Bertz CT molecular complexity index is 1170. The molecule has 7 heteroatoms. The Morgan fingerprint density at radius 2 is 2.03 bits per heavy atom. The first-order chi connectivity index (χ1) is 14.2. The second-order valence-corrected chi connectivity index (χ2v) is 7.24. The van der Waals surface area contributed by atoms with E-state index in [1.807, 2.05) is 24.3 Å². The minimum absolute atomic E-state index is 0.122. The van der Waals surface area contributed by atoms with Crippen LogP contribution in [0.4, 0.5) is 4.39 Å². The molecule has 3 heterocycles. The van der Waals surface area contributed by atoms with Crippen LogP contribution in [0, 0.1) is 5.82 Å². The van der Waals surface area contributed by atoms with E-state index >= 15 is 0 Å². The number of halogens is 1. The summed E-state index contributed by atoms with van der Waals surface area (Å²) in [5.74, 6) is 0.838. The number of oxazole rings is 1. The lowest BCUT2D eigenvalue weighted by atomic mass is 10.1. The number of fused-ring (bicyclic) bond motifs is 1. The van der Waals surface area contributed by atoms with Gasteiger partial charge >= 0.3 is 0 Å². The Balaban J connectivity index is 1.37. The molecule has 2 aromatic heterocycles. The lowest BCUT2D eigenvalue weighted by Gasteiger charge is -2.21. The first-order valence-corrected chi connectivity index (χ1v) is 9.62. The Kier molecular flexibility index (Phi) is 4.35. The number of rotatable bonds is 4. The van der Waals surface area contributed by atoms with Crippen LogP contribution >= 0.6 is 0 Å². The van der Waals surface area contributed by atoms with Crippen molar-refractivity contribution in [3.05, 3.63) is 83.5 Å². The molecule has 1 aliphatic heterocycles. The van der Waals surface area contributed by atoms with Gasteiger partial charge in [-0.25, -0.2) is 9.37 Å². The molecule has 1 atom stereocenters. The Morgan fingerprint density at radius 1 is 1.21 bits per heavy atom. The smallest absolute Gasteiger partial charge is 0.275 e. The van der Waals surface area contributed by atoms with Gasteiger partial charge in [0.15, 0.2) is 5.69 Å². The van der Waals surface area contributed by atoms with Crippen LogP contribution in [0.5, 0.6) is 0 Å². The SMILES string of the molecule is O=C(c1n[nH]c2ccccc12)N1CCC[C@H]1c1ncc(Cc2ccc(F)cc2)o1. The molecule has 6 nitrogen and oxygen atoms in total. The van der Waals surface area contributed by atoms with Crippen molar-refractivity contribution in [2.45, 2.75) is 25.3 Å². The van der Waals surface area contributed by atoms with Gasteiger partial charge in [0.05, 0.1) is 11.7 Å². The summed E-state index contributed by atoms with van der Waals surface area (Å²) in [6, 6.07) is 13.7. The lowest BCUT2D eigenvalue weighted by molar-refractivity contribution is 0.0710. The molecule has 5 rings (SSSR count). The Hall–Kier alpha value is -3.48. The Labute approximate surface area is 166 Å². The van der Waals surface area contributed by atoms with Crippen LogP contribution in [0.25, 0.3) is 10.9 Å². The molecular weight excluding hydrogens is 371 g/mol. The van der Waals surface area contributed by atoms with E-state index in [4.69, 9.17) is 4.42 Å². The number of likely N-dealkylation sites (tertiary alicyclic amines) is 1. The summed E-state index contributed by atoms with van der Waals surface area (Å²) in [6.07, 6.45) is 3.89. The molecule has 0 bridgehead atoms. The maximum atomic E-state index is 13.2. The summed E-state index contributed by atoms with van der Waals surface area (Å²) in [5, 5.41) is 7.97. The molecule has 29 heavy (non-hydrogen) atoms. The monoisotopic (exact) mass is 390 g/mol. The minimum atomic E-state index is -0.266. The molecule has 1 N–H and O–H groups in total. The lowest BCUT2D eigenvalue weighted by Crippen LogP contribution is -2.31. The highest BCUT2D eigenvalue weighted by atomic mass is 19.1. The summed E-state index contributed by atoms with van der Waals surface area (Å²) in [4.78, 5) is 19.4. The van der Waals surface area contributed by atoms with Crippen molar-refractivity contribution in [3.63, 3.8) is 0 Å². The number of carbonyl (C=O) groups excluding carboxylic acids is 1. The molecule has 0 aliphatic carbocycles. The molecule has 0 saturated carbocycles. The van der Waals surface area contributed by atoms with Gasteiger partial charge in [-0.2, -0.15) is 5.10 Å². The number of nitrogens with zero attached hydrogens (tertiary/aromatic N) is 3. The van der Waals surface area contributed by atoms with Gasteiger partial charge in [-0.3, -0.25) is 9.89 Å². The standard InChI is InChI=1S/C22H19FN4O2/c23-15-9-7-14(8-10-15)12-16-13-24-21(29-16)19-6-3-11-27(19)22(28)20-17-4-1-2-5-18(17)25-26-20/h1-2,4-5,7-10,13,19H,3,6,11-12H2,(H,25,26)/t19-/m0/s1. The van der Waals surface area contributed by atoms with Gasteiger partial charge < -0.3 is 9.32 Å². The molecule has 0 radical (unpaired) electrons. The molecule has 0 spiro atoms. The number of hydrogen-bond acceptors (Lipinski definition) is 4. The topological polar surface area (TPSA) is 75.0 Å². The van der Waals surface area contributed by atoms with Crippen LogP contribution in [-0.2, 0) is 6.42 Å². The van der Waals surface area contributed by atoms with Gasteiger partial charge in [0.1, 0.15) is 17.6 Å². The molecular formula is C22H19FN4O2. The summed E-state index contributed by atoms with van der Waals surface area (Å²) in [5.41, 5.74) is 2.20. The highest BCUT2D eigenvalue weighted by Gasteiger charge is 2.35.